The number of para-hydroxylation sites is 1. The molecule has 0 radical (unpaired) electrons. The molecule has 0 bridgehead atoms. The third kappa shape index (κ3) is 4.07. The minimum Gasteiger partial charge on any atom is -0.457 e. The van der Waals surface area contributed by atoms with Gasteiger partial charge in [-0.25, -0.2) is 9.18 Å². The number of hydrogen-bond acceptors (Lipinski definition) is 3. The second kappa shape index (κ2) is 7.75. The first kappa shape index (κ1) is 17.5. The molecule has 0 spiro atoms. The molecule has 2 amide bonds. The number of rotatable bonds is 4. The fraction of sp³-hybridized carbons (Fsp3) is 0. The van der Waals surface area contributed by atoms with E-state index in [1.807, 2.05) is 30.3 Å². The third-order valence-corrected chi connectivity index (χ3v) is 4.05. The Labute approximate surface area is 160 Å². The SMILES string of the molecule is O=C(Nc1ccc(F)cc1)Nc1ccc(Oc2ccnc3ccccc23)cc1. The Hall–Kier alpha value is -3.93. The number of halogens is 1. The number of carbonyl (C=O) groups excluding carboxylic acids is 1. The van der Waals surface area contributed by atoms with Crippen LogP contribution in [0.25, 0.3) is 10.9 Å². The van der Waals surface area contributed by atoms with Crippen molar-refractivity contribution < 1.29 is 13.9 Å². The molecule has 0 fully saturated rings. The molecule has 1 heterocycles. The molecule has 2 N–H and O–H groups in total. The predicted molar refractivity (Wildman–Crippen MR) is 107 cm³/mol. The number of aromatic nitrogens is 1. The molecule has 138 valence electrons. The molecule has 3 aromatic carbocycles. The highest BCUT2D eigenvalue weighted by atomic mass is 19.1. The summed E-state index contributed by atoms with van der Waals surface area (Å²) in [6, 6.07) is 21.7. The lowest BCUT2D eigenvalue weighted by Gasteiger charge is -2.10. The Morgan fingerprint density at radius 2 is 1.46 bits per heavy atom. The smallest absolute Gasteiger partial charge is 0.323 e. The van der Waals surface area contributed by atoms with E-state index >= 15 is 0 Å². The maximum atomic E-state index is 12.9. The number of pyridine rings is 1. The summed E-state index contributed by atoms with van der Waals surface area (Å²) in [5.41, 5.74) is 1.96. The van der Waals surface area contributed by atoms with Gasteiger partial charge < -0.3 is 15.4 Å². The van der Waals surface area contributed by atoms with E-state index in [9.17, 15) is 9.18 Å². The lowest BCUT2D eigenvalue weighted by atomic mass is 10.2. The Balaban J connectivity index is 1.42. The van der Waals surface area contributed by atoms with Crippen molar-refractivity contribution in [2.45, 2.75) is 0 Å². The van der Waals surface area contributed by atoms with Crippen LogP contribution in [-0.4, -0.2) is 11.0 Å². The first-order chi connectivity index (χ1) is 13.7. The molecule has 0 unspecified atom stereocenters. The van der Waals surface area contributed by atoms with E-state index in [2.05, 4.69) is 15.6 Å². The Morgan fingerprint density at radius 3 is 2.18 bits per heavy atom. The van der Waals surface area contributed by atoms with Gasteiger partial charge in [-0.05, 0) is 66.7 Å². The van der Waals surface area contributed by atoms with Gasteiger partial charge in [0.15, 0.2) is 0 Å². The maximum absolute atomic E-state index is 12.9. The highest BCUT2D eigenvalue weighted by molar-refractivity contribution is 5.99. The minimum atomic E-state index is -0.416. The number of amides is 2. The Morgan fingerprint density at radius 1 is 0.821 bits per heavy atom. The standard InChI is InChI=1S/C22H16FN3O2/c23-15-5-7-16(8-6-15)25-22(27)26-17-9-11-18(12-10-17)28-21-13-14-24-20-4-2-1-3-19(20)21/h1-14H,(H2,25,26,27). The summed E-state index contributed by atoms with van der Waals surface area (Å²) in [4.78, 5) is 16.3. The number of carbonyl (C=O) groups is 1. The van der Waals surface area contributed by atoms with Crippen molar-refractivity contribution in [2.75, 3.05) is 10.6 Å². The average molecular weight is 373 g/mol. The van der Waals surface area contributed by atoms with Gasteiger partial charge in [0.1, 0.15) is 17.3 Å². The van der Waals surface area contributed by atoms with Crippen LogP contribution in [-0.2, 0) is 0 Å². The molecule has 0 saturated heterocycles. The number of nitrogens with zero attached hydrogens (tertiary/aromatic N) is 1. The second-order valence-electron chi connectivity index (χ2n) is 6.04. The zero-order chi connectivity index (χ0) is 19.3. The summed E-state index contributed by atoms with van der Waals surface area (Å²) in [5, 5.41) is 6.28. The molecule has 0 saturated carbocycles. The molecule has 0 aliphatic carbocycles. The van der Waals surface area contributed by atoms with Gasteiger partial charge in [0.25, 0.3) is 0 Å². The Bertz CT molecular complexity index is 1110. The fourth-order valence-electron chi connectivity index (χ4n) is 2.72. The van der Waals surface area contributed by atoms with Crippen molar-refractivity contribution in [1.82, 2.24) is 4.98 Å². The molecule has 4 rings (SSSR count). The molecule has 6 heteroatoms. The summed E-state index contributed by atoms with van der Waals surface area (Å²) in [6.45, 7) is 0. The summed E-state index contributed by atoms with van der Waals surface area (Å²) in [6.07, 6.45) is 1.70. The third-order valence-electron chi connectivity index (χ3n) is 4.05. The van der Waals surface area contributed by atoms with E-state index < -0.39 is 6.03 Å². The molecule has 0 aliphatic heterocycles. The fourth-order valence-corrected chi connectivity index (χ4v) is 2.72. The van der Waals surface area contributed by atoms with E-state index in [1.54, 1.807) is 30.5 Å². The zero-order valence-electron chi connectivity index (χ0n) is 14.7. The van der Waals surface area contributed by atoms with Crippen molar-refractivity contribution in [3.05, 3.63) is 90.9 Å². The quantitative estimate of drug-likeness (QED) is 0.474. The normalized spacial score (nSPS) is 10.5. The second-order valence-corrected chi connectivity index (χ2v) is 6.04. The van der Waals surface area contributed by atoms with Gasteiger partial charge in [0, 0.05) is 23.0 Å². The van der Waals surface area contributed by atoms with Gasteiger partial charge in [-0.15, -0.1) is 0 Å². The van der Waals surface area contributed by atoms with Crippen molar-refractivity contribution >= 4 is 28.3 Å². The maximum Gasteiger partial charge on any atom is 0.323 e. The highest BCUT2D eigenvalue weighted by Gasteiger charge is 2.06. The number of fused-ring (bicyclic) bond motifs is 1. The van der Waals surface area contributed by atoms with E-state index in [-0.39, 0.29) is 5.82 Å². The number of ether oxygens (including phenoxy) is 1. The van der Waals surface area contributed by atoms with Crippen LogP contribution < -0.4 is 15.4 Å². The molecular weight excluding hydrogens is 357 g/mol. The van der Waals surface area contributed by atoms with Crippen molar-refractivity contribution in [1.29, 1.82) is 0 Å². The number of anilines is 2. The van der Waals surface area contributed by atoms with Gasteiger partial charge in [-0.2, -0.15) is 0 Å². The molecule has 0 atom stereocenters. The van der Waals surface area contributed by atoms with Crippen molar-refractivity contribution in [3.63, 3.8) is 0 Å². The Kier molecular flexibility index (Phi) is 4.84. The van der Waals surface area contributed by atoms with E-state index in [4.69, 9.17) is 4.74 Å². The van der Waals surface area contributed by atoms with Gasteiger partial charge >= 0.3 is 6.03 Å². The van der Waals surface area contributed by atoms with Crippen LogP contribution in [0.2, 0.25) is 0 Å². The van der Waals surface area contributed by atoms with Crippen molar-refractivity contribution in [2.24, 2.45) is 0 Å². The summed E-state index contributed by atoms with van der Waals surface area (Å²) < 4.78 is 18.9. The number of benzene rings is 3. The van der Waals surface area contributed by atoms with Gasteiger partial charge in [-0.1, -0.05) is 12.1 Å². The summed E-state index contributed by atoms with van der Waals surface area (Å²) in [5.74, 6) is 0.990. The predicted octanol–water partition coefficient (Wildman–Crippen LogP) is 5.81. The molecule has 5 nitrogen and oxygen atoms in total. The zero-order valence-corrected chi connectivity index (χ0v) is 14.7. The van der Waals surface area contributed by atoms with Crippen LogP contribution in [0.1, 0.15) is 0 Å². The largest absolute Gasteiger partial charge is 0.457 e. The number of urea groups is 1. The minimum absolute atomic E-state index is 0.358. The van der Waals surface area contributed by atoms with Crippen LogP contribution in [0.15, 0.2) is 85.1 Å². The van der Waals surface area contributed by atoms with Crippen LogP contribution in [0.5, 0.6) is 11.5 Å². The lowest BCUT2D eigenvalue weighted by Crippen LogP contribution is -2.19. The molecule has 4 aromatic rings. The topological polar surface area (TPSA) is 63.2 Å². The molecule has 28 heavy (non-hydrogen) atoms. The number of hydrogen-bond donors (Lipinski definition) is 2. The first-order valence-corrected chi connectivity index (χ1v) is 8.63. The monoisotopic (exact) mass is 373 g/mol. The average Bonchev–Trinajstić information content (AvgIpc) is 2.71. The van der Waals surface area contributed by atoms with E-state index in [0.29, 0.717) is 22.9 Å². The van der Waals surface area contributed by atoms with Crippen LogP contribution >= 0.6 is 0 Å². The lowest BCUT2D eigenvalue weighted by molar-refractivity contribution is 0.262. The van der Waals surface area contributed by atoms with Crippen LogP contribution in [0, 0.1) is 5.82 Å². The molecule has 0 aliphatic rings. The van der Waals surface area contributed by atoms with Crippen molar-refractivity contribution in [3.8, 4) is 11.5 Å². The van der Waals surface area contributed by atoms with E-state index in [1.165, 1.54) is 24.3 Å². The molecular formula is C22H16FN3O2. The van der Waals surface area contributed by atoms with Crippen LogP contribution in [0.4, 0.5) is 20.6 Å². The summed E-state index contributed by atoms with van der Waals surface area (Å²) in [7, 11) is 0. The van der Waals surface area contributed by atoms with Crippen LogP contribution in [0.3, 0.4) is 0 Å². The van der Waals surface area contributed by atoms with Gasteiger partial charge in [-0.3, -0.25) is 4.98 Å². The first-order valence-electron chi connectivity index (χ1n) is 8.63. The molecule has 1 aromatic heterocycles. The summed E-state index contributed by atoms with van der Waals surface area (Å²) >= 11 is 0. The van der Waals surface area contributed by atoms with E-state index in [0.717, 1.165) is 10.9 Å². The van der Waals surface area contributed by atoms with Gasteiger partial charge in [0.2, 0.25) is 0 Å². The van der Waals surface area contributed by atoms with Gasteiger partial charge in [0.05, 0.1) is 5.52 Å². The number of nitrogens with one attached hydrogen (secondary N) is 2. The highest BCUT2D eigenvalue weighted by Crippen LogP contribution is 2.29.